The molecule has 0 spiro atoms. The molecule has 1 aliphatic heterocycles. The van der Waals surface area contributed by atoms with Crippen molar-refractivity contribution in [1.29, 1.82) is 0 Å². The van der Waals surface area contributed by atoms with Crippen LogP contribution in [-0.4, -0.2) is 57.3 Å². The predicted molar refractivity (Wildman–Crippen MR) is 135 cm³/mol. The lowest BCUT2D eigenvalue weighted by atomic mass is 10.2. The Labute approximate surface area is 205 Å². The van der Waals surface area contributed by atoms with E-state index in [0.29, 0.717) is 31.3 Å². The molecule has 0 atom stereocenters. The molecular formula is C23H26N6O4S2. The van der Waals surface area contributed by atoms with Gasteiger partial charge in [0, 0.05) is 43.3 Å². The van der Waals surface area contributed by atoms with E-state index in [-0.39, 0.29) is 9.79 Å². The second kappa shape index (κ2) is 10.6. The smallest absolute Gasteiger partial charge is 0.243 e. The van der Waals surface area contributed by atoms with Gasteiger partial charge in [-0.1, -0.05) is 24.3 Å². The van der Waals surface area contributed by atoms with Gasteiger partial charge in [-0.05, 0) is 54.9 Å². The molecule has 10 nitrogen and oxygen atoms in total. The number of sulfonamides is 2. The molecule has 0 radical (unpaired) electrons. The standard InChI is InChI=1S/C23H26N6O4S2/c24-34(30,31)21-8-4-18(5-9-21)2-3-19-16-26-23(27-17-19)28-20-6-10-22(11-7-20)35(32,33)29-14-1-12-25-13-15-29/h2-11,16-17,25H,1,12-15H2,(H2,24,30,31)(H,26,27,28). The van der Waals surface area contributed by atoms with Gasteiger partial charge in [0.2, 0.25) is 26.0 Å². The Morgan fingerprint density at radius 2 is 1.46 bits per heavy atom. The minimum absolute atomic E-state index is 0.0540. The second-order valence-electron chi connectivity index (χ2n) is 7.94. The minimum atomic E-state index is -3.72. The Kier molecular flexibility index (Phi) is 7.57. The number of benzene rings is 2. The molecule has 12 heteroatoms. The van der Waals surface area contributed by atoms with E-state index in [1.807, 2.05) is 0 Å². The molecule has 0 amide bonds. The monoisotopic (exact) mass is 514 g/mol. The molecule has 4 rings (SSSR count). The van der Waals surface area contributed by atoms with Crippen molar-refractivity contribution in [3.63, 3.8) is 0 Å². The van der Waals surface area contributed by atoms with Gasteiger partial charge >= 0.3 is 0 Å². The van der Waals surface area contributed by atoms with Gasteiger partial charge in [0.1, 0.15) is 0 Å². The van der Waals surface area contributed by atoms with E-state index in [2.05, 4.69) is 20.6 Å². The van der Waals surface area contributed by atoms with Crippen molar-refractivity contribution >= 4 is 43.8 Å². The molecule has 4 N–H and O–H groups in total. The van der Waals surface area contributed by atoms with Crippen molar-refractivity contribution in [2.24, 2.45) is 5.14 Å². The highest BCUT2D eigenvalue weighted by atomic mass is 32.2. The van der Waals surface area contributed by atoms with E-state index >= 15 is 0 Å². The van der Waals surface area contributed by atoms with Crippen molar-refractivity contribution in [3.8, 4) is 0 Å². The average Bonchev–Trinajstić information content (AvgIpc) is 3.14. The van der Waals surface area contributed by atoms with Crippen molar-refractivity contribution < 1.29 is 16.8 Å². The summed E-state index contributed by atoms with van der Waals surface area (Å²) in [5.74, 6) is 0.369. The highest BCUT2D eigenvalue weighted by molar-refractivity contribution is 7.89. The number of hydrogen-bond donors (Lipinski definition) is 3. The van der Waals surface area contributed by atoms with Gasteiger partial charge in [0.05, 0.1) is 9.79 Å². The van der Waals surface area contributed by atoms with Crippen LogP contribution < -0.4 is 15.8 Å². The molecule has 0 saturated carbocycles. The summed E-state index contributed by atoms with van der Waals surface area (Å²) in [6.07, 6.45) is 7.66. The first-order valence-corrected chi connectivity index (χ1v) is 13.9. The number of nitrogens with one attached hydrogen (secondary N) is 2. The van der Waals surface area contributed by atoms with E-state index in [1.165, 1.54) is 16.4 Å². The maximum Gasteiger partial charge on any atom is 0.243 e. The number of nitrogens with two attached hydrogens (primary N) is 1. The highest BCUT2D eigenvalue weighted by Crippen LogP contribution is 2.21. The molecule has 35 heavy (non-hydrogen) atoms. The van der Waals surface area contributed by atoms with Gasteiger partial charge in [0.15, 0.2) is 0 Å². The molecule has 2 heterocycles. The van der Waals surface area contributed by atoms with Crippen LogP contribution >= 0.6 is 0 Å². The molecule has 1 aromatic heterocycles. The van der Waals surface area contributed by atoms with Gasteiger partial charge in [-0.2, -0.15) is 4.31 Å². The molecule has 0 bridgehead atoms. The first kappa shape index (κ1) is 24.9. The molecule has 0 unspecified atom stereocenters. The number of aromatic nitrogens is 2. The molecule has 1 saturated heterocycles. The Balaban J connectivity index is 1.38. The molecule has 1 fully saturated rings. The van der Waals surface area contributed by atoms with Crippen molar-refractivity contribution in [2.75, 3.05) is 31.5 Å². The van der Waals surface area contributed by atoms with Crippen LogP contribution in [0.2, 0.25) is 0 Å². The minimum Gasteiger partial charge on any atom is -0.324 e. The van der Waals surface area contributed by atoms with Crippen LogP contribution in [0.3, 0.4) is 0 Å². The van der Waals surface area contributed by atoms with E-state index in [9.17, 15) is 16.8 Å². The number of primary sulfonamides is 1. The van der Waals surface area contributed by atoms with E-state index in [1.54, 1.807) is 60.9 Å². The van der Waals surface area contributed by atoms with Gasteiger partial charge < -0.3 is 10.6 Å². The number of anilines is 2. The largest absolute Gasteiger partial charge is 0.324 e. The average molecular weight is 515 g/mol. The summed E-state index contributed by atoms with van der Waals surface area (Å²) in [6.45, 7) is 2.42. The molecule has 1 aliphatic rings. The zero-order chi connectivity index (χ0) is 24.9. The summed E-state index contributed by atoms with van der Waals surface area (Å²) in [6, 6.07) is 12.7. The van der Waals surface area contributed by atoms with Gasteiger partial charge in [-0.3, -0.25) is 0 Å². The molecule has 2 aromatic carbocycles. The highest BCUT2D eigenvalue weighted by Gasteiger charge is 2.24. The molecular weight excluding hydrogens is 488 g/mol. The Morgan fingerprint density at radius 3 is 2.11 bits per heavy atom. The summed E-state index contributed by atoms with van der Waals surface area (Å²) >= 11 is 0. The fourth-order valence-electron chi connectivity index (χ4n) is 3.50. The Bertz CT molecular complexity index is 1380. The van der Waals surface area contributed by atoms with Crippen molar-refractivity contribution in [2.45, 2.75) is 16.2 Å². The van der Waals surface area contributed by atoms with Crippen LogP contribution in [0.25, 0.3) is 12.2 Å². The van der Waals surface area contributed by atoms with Crippen LogP contribution in [0.15, 0.2) is 70.7 Å². The molecule has 0 aliphatic carbocycles. The van der Waals surface area contributed by atoms with Gasteiger partial charge in [-0.25, -0.2) is 31.9 Å². The Hall–Kier alpha value is -3.16. The lowest BCUT2D eigenvalue weighted by molar-refractivity contribution is 0.432. The molecule has 3 aromatic rings. The lowest BCUT2D eigenvalue weighted by Crippen LogP contribution is -2.34. The topological polar surface area (TPSA) is 147 Å². The fraction of sp³-hybridized carbons (Fsp3) is 0.217. The van der Waals surface area contributed by atoms with Crippen LogP contribution in [0.1, 0.15) is 17.5 Å². The normalized spacial score (nSPS) is 15.7. The van der Waals surface area contributed by atoms with Gasteiger partial charge in [-0.15, -0.1) is 0 Å². The third kappa shape index (κ3) is 6.50. The third-order valence-corrected chi connectivity index (χ3v) is 8.24. The first-order valence-electron chi connectivity index (χ1n) is 10.9. The van der Waals surface area contributed by atoms with E-state index < -0.39 is 20.0 Å². The third-order valence-electron chi connectivity index (χ3n) is 5.40. The predicted octanol–water partition coefficient (Wildman–Crippen LogP) is 2.02. The zero-order valence-corrected chi connectivity index (χ0v) is 20.5. The number of rotatable bonds is 7. The summed E-state index contributed by atoms with van der Waals surface area (Å²) in [5, 5.41) is 11.4. The Morgan fingerprint density at radius 1 is 0.829 bits per heavy atom. The van der Waals surface area contributed by atoms with E-state index in [4.69, 9.17) is 5.14 Å². The lowest BCUT2D eigenvalue weighted by Gasteiger charge is -2.19. The van der Waals surface area contributed by atoms with Crippen molar-refractivity contribution in [1.82, 2.24) is 19.6 Å². The van der Waals surface area contributed by atoms with Crippen molar-refractivity contribution in [3.05, 3.63) is 72.1 Å². The van der Waals surface area contributed by atoms with Crippen LogP contribution in [-0.2, 0) is 20.0 Å². The van der Waals surface area contributed by atoms with Crippen LogP contribution in [0.4, 0.5) is 11.6 Å². The summed E-state index contributed by atoms with van der Waals surface area (Å²) in [4.78, 5) is 8.88. The maximum atomic E-state index is 12.9. The first-order chi connectivity index (χ1) is 16.7. The zero-order valence-electron chi connectivity index (χ0n) is 18.8. The van der Waals surface area contributed by atoms with Crippen LogP contribution in [0.5, 0.6) is 0 Å². The quantitative estimate of drug-likeness (QED) is 0.434. The number of hydrogen-bond acceptors (Lipinski definition) is 8. The van der Waals surface area contributed by atoms with Crippen LogP contribution in [0, 0.1) is 0 Å². The molecule has 184 valence electrons. The van der Waals surface area contributed by atoms with E-state index in [0.717, 1.165) is 24.1 Å². The maximum absolute atomic E-state index is 12.9. The summed E-state index contributed by atoms with van der Waals surface area (Å²) in [7, 11) is -7.25. The SMILES string of the molecule is NS(=O)(=O)c1ccc(C=Cc2cnc(Nc3ccc(S(=O)(=O)N4CCCNCC4)cc3)nc2)cc1. The second-order valence-corrected chi connectivity index (χ2v) is 11.4. The number of nitrogens with zero attached hydrogens (tertiary/aromatic N) is 3. The fourth-order valence-corrected chi connectivity index (χ4v) is 5.49. The van der Waals surface area contributed by atoms with Gasteiger partial charge in [0.25, 0.3) is 0 Å². The summed E-state index contributed by atoms with van der Waals surface area (Å²) < 4.78 is 49.9. The summed E-state index contributed by atoms with van der Waals surface area (Å²) in [5.41, 5.74) is 2.21.